The van der Waals surface area contributed by atoms with Gasteiger partial charge in [-0.15, -0.1) is 16.4 Å². The first-order chi connectivity index (χ1) is 12.3. The highest BCUT2D eigenvalue weighted by Crippen LogP contribution is 2.25. The Morgan fingerprint density at radius 3 is 2.77 bits per heavy atom. The average molecular weight is 391 g/mol. The standard InChI is InChI=1S/C13H19N5S.C2HF3O2/c1-2-11-8-15-13(19-11)12-9-18(17-16-12)10-4-3-6-14-7-5-10;3-2(4,5)1(6)7/h8-10,14H,2-7H2,1H3;(H,6,7). The fourth-order valence-corrected chi connectivity index (χ4v) is 3.21. The molecule has 0 aliphatic carbocycles. The maximum Gasteiger partial charge on any atom is 0.490 e. The predicted octanol–water partition coefficient (Wildman–Crippen LogP) is 2.91. The topological polar surface area (TPSA) is 92.9 Å². The zero-order valence-corrected chi connectivity index (χ0v) is 15.0. The van der Waals surface area contributed by atoms with Gasteiger partial charge in [-0.2, -0.15) is 13.2 Å². The Morgan fingerprint density at radius 1 is 1.42 bits per heavy atom. The lowest BCUT2D eigenvalue weighted by molar-refractivity contribution is -0.192. The van der Waals surface area contributed by atoms with E-state index in [1.165, 1.54) is 17.7 Å². The molecule has 2 aromatic rings. The first kappa shape index (κ1) is 20.3. The van der Waals surface area contributed by atoms with E-state index in [1.807, 2.05) is 17.1 Å². The number of thiazole rings is 1. The number of aromatic nitrogens is 4. The monoisotopic (exact) mass is 391 g/mol. The maximum atomic E-state index is 10.6. The summed E-state index contributed by atoms with van der Waals surface area (Å²) in [7, 11) is 0. The number of nitrogens with zero attached hydrogens (tertiary/aromatic N) is 4. The van der Waals surface area contributed by atoms with Crippen molar-refractivity contribution in [2.45, 2.75) is 44.8 Å². The van der Waals surface area contributed by atoms with E-state index in [2.05, 4.69) is 27.5 Å². The lowest BCUT2D eigenvalue weighted by Crippen LogP contribution is -2.21. The van der Waals surface area contributed by atoms with Crippen LogP contribution < -0.4 is 5.32 Å². The summed E-state index contributed by atoms with van der Waals surface area (Å²) in [5.74, 6) is -2.76. The molecule has 2 aromatic heterocycles. The van der Waals surface area contributed by atoms with Crippen LogP contribution in [0.15, 0.2) is 12.4 Å². The highest BCUT2D eigenvalue weighted by Gasteiger charge is 2.38. The molecule has 0 aromatic carbocycles. The number of carboxylic acid groups (broad SMARTS) is 1. The molecule has 0 bridgehead atoms. The molecule has 3 heterocycles. The van der Waals surface area contributed by atoms with E-state index in [4.69, 9.17) is 9.90 Å². The van der Waals surface area contributed by atoms with Crippen LogP contribution >= 0.6 is 11.3 Å². The molecule has 0 spiro atoms. The number of aliphatic carboxylic acids is 1. The Labute approximate surface area is 152 Å². The largest absolute Gasteiger partial charge is 0.490 e. The van der Waals surface area contributed by atoms with E-state index in [-0.39, 0.29) is 0 Å². The predicted molar refractivity (Wildman–Crippen MR) is 90.0 cm³/mol. The van der Waals surface area contributed by atoms with Crippen LogP contribution in [-0.4, -0.2) is 50.3 Å². The summed E-state index contributed by atoms with van der Waals surface area (Å²) in [6.45, 7) is 4.33. The van der Waals surface area contributed by atoms with Gasteiger partial charge in [0.05, 0.1) is 12.2 Å². The molecule has 26 heavy (non-hydrogen) atoms. The van der Waals surface area contributed by atoms with Crippen LogP contribution in [0.4, 0.5) is 13.2 Å². The summed E-state index contributed by atoms with van der Waals surface area (Å²) >= 11 is 1.71. The van der Waals surface area contributed by atoms with E-state index in [1.54, 1.807) is 11.3 Å². The first-order valence-electron chi connectivity index (χ1n) is 8.19. The Hall–Kier alpha value is -2.01. The van der Waals surface area contributed by atoms with Gasteiger partial charge in [0.2, 0.25) is 0 Å². The van der Waals surface area contributed by atoms with Crippen molar-refractivity contribution in [1.29, 1.82) is 0 Å². The highest BCUT2D eigenvalue weighted by atomic mass is 32.1. The van der Waals surface area contributed by atoms with Crippen molar-refractivity contribution < 1.29 is 23.1 Å². The van der Waals surface area contributed by atoms with Gasteiger partial charge in [0.25, 0.3) is 0 Å². The average Bonchev–Trinajstić information content (AvgIpc) is 3.18. The van der Waals surface area contributed by atoms with Gasteiger partial charge in [0.1, 0.15) is 10.7 Å². The van der Waals surface area contributed by atoms with Crippen molar-refractivity contribution in [3.63, 3.8) is 0 Å². The quantitative estimate of drug-likeness (QED) is 0.836. The van der Waals surface area contributed by atoms with Gasteiger partial charge in [-0.05, 0) is 38.8 Å². The number of aryl methyl sites for hydroxylation is 1. The lowest BCUT2D eigenvalue weighted by Gasteiger charge is -2.12. The van der Waals surface area contributed by atoms with Crippen molar-refractivity contribution >= 4 is 17.3 Å². The van der Waals surface area contributed by atoms with Crippen LogP contribution in [0.2, 0.25) is 0 Å². The summed E-state index contributed by atoms with van der Waals surface area (Å²) in [5, 5.41) is 20.1. The second-order valence-corrected chi connectivity index (χ2v) is 6.82. The van der Waals surface area contributed by atoms with Gasteiger partial charge in [0, 0.05) is 11.1 Å². The highest BCUT2D eigenvalue weighted by molar-refractivity contribution is 7.14. The van der Waals surface area contributed by atoms with Crippen LogP contribution in [0, 0.1) is 0 Å². The molecule has 1 aliphatic heterocycles. The third-order valence-corrected chi connectivity index (χ3v) is 4.96. The van der Waals surface area contributed by atoms with Crippen LogP contribution in [0.5, 0.6) is 0 Å². The SMILES string of the molecule is CCc1cnc(-c2cn(C3CCCNCC3)nn2)s1.O=C(O)C(F)(F)F. The Kier molecular flexibility index (Phi) is 7.09. The molecule has 1 unspecified atom stereocenters. The maximum absolute atomic E-state index is 10.6. The van der Waals surface area contributed by atoms with E-state index in [0.717, 1.165) is 36.6 Å². The molecule has 1 fully saturated rings. The van der Waals surface area contributed by atoms with E-state index in [0.29, 0.717) is 6.04 Å². The minimum Gasteiger partial charge on any atom is -0.475 e. The van der Waals surface area contributed by atoms with E-state index in [9.17, 15) is 13.2 Å². The minimum atomic E-state index is -5.08. The van der Waals surface area contributed by atoms with Gasteiger partial charge < -0.3 is 10.4 Å². The zero-order valence-electron chi connectivity index (χ0n) is 14.2. The third kappa shape index (κ3) is 5.77. The number of hydrogen-bond acceptors (Lipinski definition) is 6. The molecular weight excluding hydrogens is 371 g/mol. The number of halogens is 3. The van der Waals surface area contributed by atoms with Crippen molar-refractivity contribution in [1.82, 2.24) is 25.3 Å². The summed E-state index contributed by atoms with van der Waals surface area (Å²) < 4.78 is 33.8. The Morgan fingerprint density at radius 2 is 2.15 bits per heavy atom. The molecule has 0 saturated carbocycles. The molecule has 7 nitrogen and oxygen atoms in total. The molecule has 11 heteroatoms. The molecular formula is C15H20F3N5O2S. The molecule has 144 valence electrons. The van der Waals surface area contributed by atoms with Crippen LogP contribution in [0.1, 0.15) is 37.1 Å². The lowest BCUT2D eigenvalue weighted by atomic mass is 10.1. The molecule has 1 saturated heterocycles. The minimum absolute atomic E-state index is 0.474. The molecule has 1 atom stereocenters. The molecule has 0 radical (unpaired) electrons. The normalized spacial score (nSPS) is 17.9. The number of alkyl halides is 3. The number of carboxylic acids is 1. The summed E-state index contributed by atoms with van der Waals surface area (Å²) in [6, 6.07) is 0.474. The van der Waals surface area contributed by atoms with Crippen LogP contribution in [0.3, 0.4) is 0 Å². The van der Waals surface area contributed by atoms with Crippen molar-refractivity contribution in [2.24, 2.45) is 0 Å². The third-order valence-electron chi connectivity index (χ3n) is 3.79. The molecule has 3 rings (SSSR count). The number of carbonyl (C=O) groups is 1. The fraction of sp³-hybridized carbons (Fsp3) is 0.600. The fourth-order valence-electron chi connectivity index (χ4n) is 2.41. The number of hydrogen-bond donors (Lipinski definition) is 2. The van der Waals surface area contributed by atoms with Crippen LogP contribution in [-0.2, 0) is 11.2 Å². The zero-order chi connectivity index (χ0) is 19.2. The van der Waals surface area contributed by atoms with Gasteiger partial charge in [-0.1, -0.05) is 12.1 Å². The number of nitrogens with one attached hydrogen (secondary N) is 1. The molecule has 0 amide bonds. The first-order valence-corrected chi connectivity index (χ1v) is 9.00. The van der Waals surface area contributed by atoms with Gasteiger partial charge in [-0.3, -0.25) is 0 Å². The second kappa shape index (κ2) is 9.08. The van der Waals surface area contributed by atoms with Crippen molar-refractivity contribution in [2.75, 3.05) is 13.1 Å². The molecule has 2 N–H and O–H groups in total. The van der Waals surface area contributed by atoms with E-state index < -0.39 is 12.1 Å². The molecule has 1 aliphatic rings. The van der Waals surface area contributed by atoms with Crippen molar-refractivity contribution in [3.8, 4) is 10.7 Å². The Balaban J connectivity index is 0.000000298. The van der Waals surface area contributed by atoms with Crippen molar-refractivity contribution in [3.05, 3.63) is 17.3 Å². The number of rotatable bonds is 3. The Bertz CT molecular complexity index is 708. The van der Waals surface area contributed by atoms with Gasteiger partial charge in [0.15, 0.2) is 0 Å². The van der Waals surface area contributed by atoms with E-state index >= 15 is 0 Å². The summed E-state index contributed by atoms with van der Waals surface area (Å²) in [5.41, 5.74) is 0.905. The second-order valence-electron chi connectivity index (χ2n) is 5.71. The summed E-state index contributed by atoms with van der Waals surface area (Å²) in [6.07, 6.45) is 3.44. The van der Waals surface area contributed by atoms with Crippen LogP contribution in [0.25, 0.3) is 10.7 Å². The van der Waals surface area contributed by atoms with Gasteiger partial charge >= 0.3 is 12.1 Å². The summed E-state index contributed by atoms with van der Waals surface area (Å²) in [4.78, 5) is 14.6. The smallest absolute Gasteiger partial charge is 0.475 e. The van der Waals surface area contributed by atoms with Gasteiger partial charge in [-0.25, -0.2) is 14.5 Å².